The second kappa shape index (κ2) is 8.42. The molecule has 0 unspecified atom stereocenters. The van der Waals surface area contributed by atoms with Crippen molar-refractivity contribution in [3.63, 3.8) is 0 Å². The maximum absolute atomic E-state index is 13.7. The van der Waals surface area contributed by atoms with Crippen LogP contribution in [0.5, 0.6) is 5.75 Å². The van der Waals surface area contributed by atoms with E-state index in [2.05, 4.69) is 29.3 Å². The summed E-state index contributed by atoms with van der Waals surface area (Å²) in [7, 11) is 1.69. The lowest BCUT2D eigenvalue weighted by Gasteiger charge is -2.47. The average molecular weight is 387 g/mol. The van der Waals surface area contributed by atoms with E-state index in [0.717, 1.165) is 44.8 Å². The Hall–Kier alpha value is -1.59. The van der Waals surface area contributed by atoms with Crippen molar-refractivity contribution in [3.05, 3.63) is 29.8 Å². The fraction of sp³-hybridized carbons (Fsp3) is 0.696. The van der Waals surface area contributed by atoms with Gasteiger partial charge in [-0.2, -0.15) is 0 Å². The van der Waals surface area contributed by atoms with E-state index < -0.39 is 0 Å². The number of carbonyl (C=O) groups excluding carboxylic acids is 1. The molecular weight excluding hydrogens is 352 g/mol. The molecule has 1 N–H and O–H groups in total. The number of hydrogen-bond acceptors (Lipinski definition) is 4. The van der Waals surface area contributed by atoms with E-state index in [0.29, 0.717) is 11.8 Å². The summed E-state index contributed by atoms with van der Waals surface area (Å²) in [5, 5.41) is 3.35. The molecule has 2 saturated heterocycles. The van der Waals surface area contributed by atoms with Crippen LogP contribution in [0.15, 0.2) is 24.3 Å². The molecule has 4 rings (SSSR count). The van der Waals surface area contributed by atoms with Crippen LogP contribution in [0.2, 0.25) is 0 Å². The van der Waals surface area contributed by atoms with Crippen molar-refractivity contribution in [2.75, 3.05) is 33.3 Å². The number of carbonyl (C=O) groups is 1. The molecule has 154 valence electrons. The summed E-state index contributed by atoms with van der Waals surface area (Å²) in [5.74, 6) is 1.82. The summed E-state index contributed by atoms with van der Waals surface area (Å²) < 4.78 is 11.7. The molecule has 5 nitrogen and oxygen atoms in total. The van der Waals surface area contributed by atoms with E-state index >= 15 is 0 Å². The molecule has 1 amide bonds. The number of ether oxygens (including phenoxy) is 2. The van der Waals surface area contributed by atoms with Crippen LogP contribution >= 0.6 is 0 Å². The van der Waals surface area contributed by atoms with Crippen molar-refractivity contribution in [1.82, 2.24) is 10.2 Å². The van der Waals surface area contributed by atoms with Crippen molar-refractivity contribution in [3.8, 4) is 5.75 Å². The smallest absolute Gasteiger partial charge is 0.231 e. The number of benzene rings is 1. The monoisotopic (exact) mass is 386 g/mol. The van der Waals surface area contributed by atoms with Gasteiger partial charge in [0.15, 0.2) is 0 Å². The first-order valence-corrected chi connectivity index (χ1v) is 10.9. The summed E-state index contributed by atoms with van der Waals surface area (Å²) >= 11 is 0. The van der Waals surface area contributed by atoms with Crippen LogP contribution in [0, 0.1) is 11.3 Å². The molecule has 5 heteroatoms. The fourth-order valence-electron chi connectivity index (χ4n) is 4.64. The van der Waals surface area contributed by atoms with E-state index in [1.807, 2.05) is 12.1 Å². The summed E-state index contributed by atoms with van der Waals surface area (Å²) in [6.45, 7) is 5.25. The number of amides is 1. The van der Waals surface area contributed by atoms with Crippen LogP contribution in [0.1, 0.15) is 44.6 Å². The number of rotatable bonds is 8. The van der Waals surface area contributed by atoms with Crippen molar-refractivity contribution in [1.29, 1.82) is 0 Å². The van der Waals surface area contributed by atoms with E-state index in [-0.39, 0.29) is 17.6 Å². The van der Waals surface area contributed by atoms with Crippen molar-refractivity contribution in [2.45, 2.75) is 57.7 Å². The number of methoxy groups -OCH3 is 1. The lowest BCUT2D eigenvalue weighted by atomic mass is 9.74. The van der Waals surface area contributed by atoms with Crippen molar-refractivity contribution in [2.24, 2.45) is 11.3 Å². The molecule has 0 radical (unpaired) electrons. The molecule has 0 bridgehead atoms. The van der Waals surface area contributed by atoms with Gasteiger partial charge < -0.3 is 19.7 Å². The third-order valence-corrected chi connectivity index (χ3v) is 6.56. The maximum atomic E-state index is 13.7. The summed E-state index contributed by atoms with van der Waals surface area (Å²) in [6.07, 6.45) is 7.11. The van der Waals surface area contributed by atoms with E-state index in [1.54, 1.807) is 7.11 Å². The second-order valence-electron chi connectivity index (χ2n) is 8.90. The van der Waals surface area contributed by atoms with Crippen LogP contribution < -0.4 is 10.1 Å². The standard InChI is InChI=1S/C23H34N2O3/c1-3-4-7-20-13-25(14-21(28-20)18-9-10-18)22(26)23(15-24-16-23)12-17-6-5-8-19(11-17)27-2/h5-6,8,11,18,20-21,24H,3-4,7,9-10,12-16H2,1-2H3/t20-,21-/m1/s1. The van der Waals surface area contributed by atoms with Gasteiger partial charge in [-0.05, 0) is 49.3 Å². The third-order valence-electron chi connectivity index (χ3n) is 6.56. The SMILES string of the molecule is CCCC[C@@H]1CN(C(=O)C2(Cc3cccc(OC)c3)CNC2)C[C@H](C2CC2)O1. The normalized spacial score (nSPS) is 26.6. The van der Waals surface area contributed by atoms with Gasteiger partial charge in [-0.25, -0.2) is 0 Å². The van der Waals surface area contributed by atoms with Gasteiger partial charge >= 0.3 is 0 Å². The molecule has 0 aromatic heterocycles. The molecule has 2 aliphatic heterocycles. The van der Waals surface area contributed by atoms with E-state index in [1.165, 1.54) is 31.2 Å². The van der Waals surface area contributed by atoms with Crippen LogP contribution in [0.25, 0.3) is 0 Å². The molecule has 0 spiro atoms. The first-order chi connectivity index (χ1) is 13.6. The predicted molar refractivity (Wildman–Crippen MR) is 109 cm³/mol. The van der Waals surface area contributed by atoms with Gasteiger partial charge in [-0.1, -0.05) is 31.9 Å². The quantitative estimate of drug-likeness (QED) is 0.746. The Kier molecular flexibility index (Phi) is 5.93. The average Bonchev–Trinajstić information content (AvgIpc) is 3.54. The Morgan fingerprint density at radius 1 is 1.32 bits per heavy atom. The molecule has 1 aromatic rings. The van der Waals surface area contributed by atoms with Crippen molar-refractivity contribution < 1.29 is 14.3 Å². The molecule has 2 heterocycles. The number of hydrogen-bond donors (Lipinski definition) is 1. The fourth-order valence-corrected chi connectivity index (χ4v) is 4.64. The minimum Gasteiger partial charge on any atom is -0.497 e. The van der Waals surface area contributed by atoms with Crippen LogP contribution in [0.4, 0.5) is 0 Å². The largest absolute Gasteiger partial charge is 0.497 e. The zero-order chi connectivity index (χ0) is 19.6. The van der Waals surface area contributed by atoms with Gasteiger partial charge in [-0.15, -0.1) is 0 Å². The Morgan fingerprint density at radius 3 is 2.79 bits per heavy atom. The number of unbranched alkanes of at least 4 members (excludes halogenated alkanes) is 1. The lowest BCUT2D eigenvalue weighted by molar-refractivity contribution is -0.161. The van der Waals surface area contributed by atoms with Crippen LogP contribution in [-0.2, 0) is 16.0 Å². The first-order valence-electron chi connectivity index (χ1n) is 10.9. The van der Waals surface area contributed by atoms with E-state index in [4.69, 9.17) is 9.47 Å². The first kappa shape index (κ1) is 19.7. The highest BCUT2D eigenvalue weighted by Gasteiger charge is 2.49. The van der Waals surface area contributed by atoms with Crippen molar-refractivity contribution >= 4 is 5.91 Å². The molecule has 1 saturated carbocycles. The maximum Gasteiger partial charge on any atom is 0.231 e. The second-order valence-corrected chi connectivity index (χ2v) is 8.90. The Bertz CT molecular complexity index is 684. The number of nitrogens with one attached hydrogen (secondary N) is 1. The van der Waals surface area contributed by atoms with Gasteiger partial charge in [-0.3, -0.25) is 4.79 Å². The zero-order valence-electron chi connectivity index (χ0n) is 17.3. The molecule has 1 aliphatic carbocycles. The van der Waals surface area contributed by atoms with Crippen LogP contribution in [-0.4, -0.2) is 56.3 Å². The molecular formula is C23H34N2O3. The highest BCUT2D eigenvalue weighted by Crippen LogP contribution is 2.39. The molecule has 3 aliphatic rings. The zero-order valence-corrected chi connectivity index (χ0v) is 17.3. The molecule has 3 fully saturated rings. The Morgan fingerprint density at radius 2 is 2.14 bits per heavy atom. The molecule has 1 aromatic carbocycles. The minimum absolute atomic E-state index is 0.199. The minimum atomic E-state index is -0.326. The predicted octanol–water partition coefficient (Wildman–Crippen LogP) is 3.02. The Balaban J connectivity index is 1.48. The van der Waals surface area contributed by atoms with Gasteiger partial charge in [0, 0.05) is 26.2 Å². The van der Waals surface area contributed by atoms with Gasteiger partial charge in [0.25, 0.3) is 0 Å². The van der Waals surface area contributed by atoms with E-state index in [9.17, 15) is 4.79 Å². The van der Waals surface area contributed by atoms with Gasteiger partial charge in [0.05, 0.1) is 24.7 Å². The summed E-state index contributed by atoms with van der Waals surface area (Å²) in [5.41, 5.74) is 0.844. The lowest BCUT2D eigenvalue weighted by Crippen LogP contribution is -2.65. The van der Waals surface area contributed by atoms with Crippen LogP contribution in [0.3, 0.4) is 0 Å². The van der Waals surface area contributed by atoms with Gasteiger partial charge in [0.1, 0.15) is 5.75 Å². The summed E-state index contributed by atoms with van der Waals surface area (Å²) in [4.78, 5) is 15.8. The highest BCUT2D eigenvalue weighted by molar-refractivity contribution is 5.85. The number of morpholine rings is 1. The topological polar surface area (TPSA) is 50.8 Å². The molecule has 2 atom stereocenters. The number of nitrogens with zero attached hydrogens (tertiary/aromatic N) is 1. The van der Waals surface area contributed by atoms with Gasteiger partial charge in [0.2, 0.25) is 5.91 Å². The third kappa shape index (κ3) is 4.20. The Labute approximate surface area is 168 Å². The highest BCUT2D eigenvalue weighted by atomic mass is 16.5. The summed E-state index contributed by atoms with van der Waals surface area (Å²) in [6, 6.07) is 8.13. The molecule has 28 heavy (non-hydrogen) atoms.